The fourth-order valence-corrected chi connectivity index (χ4v) is 5.19. The van der Waals surface area contributed by atoms with Crippen LogP contribution in [0.25, 0.3) is 0 Å². The van der Waals surface area contributed by atoms with Crippen molar-refractivity contribution in [3.8, 4) is 11.5 Å². The van der Waals surface area contributed by atoms with E-state index in [2.05, 4.69) is 43.2 Å². The third kappa shape index (κ3) is 6.36. The lowest BCUT2D eigenvalue weighted by atomic mass is 9.95. The monoisotopic (exact) mass is 501 g/mol. The van der Waals surface area contributed by atoms with E-state index in [-0.39, 0.29) is 18.2 Å². The fourth-order valence-electron chi connectivity index (χ4n) is 4.66. The predicted molar refractivity (Wildman–Crippen MR) is 136 cm³/mol. The summed E-state index contributed by atoms with van der Waals surface area (Å²) in [6.45, 7) is 15.7. The van der Waals surface area contributed by atoms with Gasteiger partial charge in [0.2, 0.25) is 0 Å². The molecule has 3 aliphatic heterocycles. The average Bonchev–Trinajstić information content (AvgIpc) is 3.30. The first kappa shape index (κ1) is 26.4. The quantitative estimate of drug-likeness (QED) is 0.441. The molecule has 1 aromatic carbocycles. The third-order valence-electron chi connectivity index (χ3n) is 6.11. The van der Waals surface area contributed by atoms with Gasteiger partial charge in [-0.3, -0.25) is 4.84 Å². The zero-order valence-corrected chi connectivity index (χ0v) is 23.2. The van der Waals surface area contributed by atoms with Gasteiger partial charge in [-0.25, -0.2) is 0 Å². The van der Waals surface area contributed by atoms with Crippen LogP contribution in [-0.2, 0) is 35.1 Å². The van der Waals surface area contributed by atoms with Crippen molar-refractivity contribution in [1.29, 1.82) is 0 Å². The number of benzene rings is 1. The molecule has 1 aromatic rings. The molecule has 4 atom stereocenters. The van der Waals surface area contributed by atoms with Crippen molar-refractivity contribution in [3.63, 3.8) is 0 Å². The molecule has 2 fully saturated rings. The maximum Gasteiger partial charge on any atom is 0.163 e. The van der Waals surface area contributed by atoms with Crippen molar-refractivity contribution in [2.45, 2.75) is 89.8 Å². The predicted octanol–water partition coefficient (Wildman–Crippen LogP) is 4.26. The van der Waals surface area contributed by atoms with E-state index < -0.39 is 25.8 Å². The standard InChI is InChI=1S/C27H39NO6Si/c1-26(2)30-18-21(32-26)24-25(34-27(3,4)33-24)22-23(29-5)20(14-15-35(6,7)8)17-31-28(22)16-19-12-10-9-11-13-19/h9-13,21-22,24-25H,16-18H2,1-8H3/t21-,22-,24-,25-/m1/s1. The number of ether oxygens (including phenoxy) is 5. The van der Waals surface area contributed by atoms with Crippen molar-refractivity contribution >= 4 is 8.07 Å². The molecule has 192 valence electrons. The molecular formula is C27H39NO6Si. The smallest absolute Gasteiger partial charge is 0.163 e. The Bertz CT molecular complexity index is 990. The Balaban J connectivity index is 1.75. The van der Waals surface area contributed by atoms with Gasteiger partial charge in [-0.15, -0.1) is 5.54 Å². The summed E-state index contributed by atoms with van der Waals surface area (Å²) in [6.07, 6.45) is -1.09. The van der Waals surface area contributed by atoms with Gasteiger partial charge in [0.25, 0.3) is 0 Å². The molecule has 2 saturated heterocycles. The van der Waals surface area contributed by atoms with Gasteiger partial charge < -0.3 is 23.7 Å². The van der Waals surface area contributed by atoms with Crippen LogP contribution in [-0.4, -0.2) is 69.4 Å². The molecule has 3 aliphatic rings. The highest BCUT2D eigenvalue weighted by Gasteiger charge is 2.55. The molecule has 0 aliphatic carbocycles. The number of hydroxylamine groups is 2. The van der Waals surface area contributed by atoms with Gasteiger partial charge in [0.1, 0.15) is 44.8 Å². The number of rotatable bonds is 5. The molecule has 0 spiro atoms. The molecule has 0 unspecified atom stereocenters. The summed E-state index contributed by atoms with van der Waals surface area (Å²) in [4.78, 5) is 6.34. The Morgan fingerprint density at radius 3 is 2.29 bits per heavy atom. The first-order chi connectivity index (χ1) is 16.4. The van der Waals surface area contributed by atoms with Crippen LogP contribution in [0.1, 0.15) is 33.3 Å². The summed E-state index contributed by atoms with van der Waals surface area (Å²) in [5, 5.41) is 1.94. The maximum atomic E-state index is 6.54. The van der Waals surface area contributed by atoms with Crippen molar-refractivity contribution in [2.24, 2.45) is 0 Å². The van der Waals surface area contributed by atoms with Gasteiger partial charge in [-0.1, -0.05) is 55.9 Å². The van der Waals surface area contributed by atoms with E-state index in [1.165, 1.54) is 0 Å². The Morgan fingerprint density at radius 1 is 1.00 bits per heavy atom. The highest BCUT2D eigenvalue weighted by atomic mass is 28.3. The van der Waals surface area contributed by atoms with Crippen LogP contribution in [0.3, 0.4) is 0 Å². The zero-order valence-electron chi connectivity index (χ0n) is 22.2. The van der Waals surface area contributed by atoms with Crippen LogP contribution in [0.4, 0.5) is 0 Å². The molecular weight excluding hydrogens is 462 g/mol. The topological polar surface area (TPSA) is 58.6 Å². The van der Waals surface area contributed by atoms with Gasteiger partial charge in [0.05, 0.1) is 25.8 Å². The number of nitrogens with zero attached hydrogens (tertiary/aromatic N) is 1. The lowest BCUT2D eigenvalue weighted by Crippen LogP contribution is -2.54. The van der Waals surface area contributed by atoms with Crippen molar-refractivity contribution in [1.82, 2.24) is 5.06 Å². The summed E-state index contributed by atoms with van der Waals surface area (Å²) >= 11 is 0. The van der Waals surface area contributed by atoms with Crippen LogP contribution in [0.5, 0.6) is 0 Å². The third-order valence-corrected chi connectivity index (χ3v) is 6.99. The molecule has 0 radical (unpaired) electrons. The van der Waals surface area contributed by atoms with Crippen LogP contribution < -0.4 is 0 Å². The van der Waals surface area contributed by atoms with Crippen LogP contribution in [0, 0.1) is 11.5 Å². The van der Waals surface area contributed by atoms with Crippen molar-refractivity contribution < 1.29 is 28.5 Å². The summed E-state index contributed by atoms with van der Waals surface area (Å²) < 4.78 is 31.1. The van der Waals surface area contributed by atoms with E-state index in [1.54, 1.807) is 7.11 Å². The van der Waals surface area contributed by atoms with Gasteiger partial charge >= 0.3 is 0 Å². The highest BCUT2D eigenvalue weighted by Crippen LogP contribution is 2.41. The van der Waals surface area contributed by atoms with Crippen molar-refractivity contribution in [2.75, 3.05) is 20.3 Å². The first-order valence-corrected chi connectivity index (χ1v) is 15.8. The highest BCUT2D eigenvalue weighted by molar-refractivity contribution is 6.83. The SMILES string of the molecule is COC1=C(C#C[Si](C)(C)C)CON(Cc2ccccc2)[C@H]1[C@H]1OC(C)(C)O[C@@H]1[C@H]1COC(C)(C)O1. The molecule has 0 aromatic heterocycles. The molecule has 35 heavy (non-hydrogen) atoms. The van der Waals surface area contributed by atoms with E-state index in [4.69, 9.17) is 28.5 Å². The normalized spacial score (nSPS) is 30.7. The number of methoxy groups -OCH3 is 1. The van der Waals surface area contributed by atoms with Gasteiger partial charge in [0, 0.05) is 0 Å². The summed E-state index contributed by atoms with van der Waals surface area (Å²) in [7, 11) is 0.0920. The summed E-state index contributed by atoms with van der Waals surface area (Å²) in [5.74, 6) is 2.66. The second kappa shape index (κ2) is 9.98. The Kier molecular flexibility index (Phi) is 7.52. The molecule has 7 nitrogen and oxygen atoms in total. The number of hydrogen-bond acceptors (Lipinski definition) is 7. The fraction of sp³-hybridized carbons (Fsp3) is 0.630. The molecule has 0 bridgehead atoms. The molecule has 0 saturated carbocycles. The van der Waals surface area contributed by atoms with E-state index in [9.17, 15) is 0 Å². The average molecular weight is 502 g/mol. The molecule has 8 heteroatoms. The molecule has 0 N–H and O–H groups in total. The largest absolute Gasteiger partial charge is 0.498 e. The second-order valence-corrected chi connectivity index (χ2v) is 16.0. The molecule has 4 rings (SSSR count). The van der Waals surface area contributed by atoms with Gasteiger partial charge in [0.15, 0.2) is 11.6 Å². The first-order valence-electron chi connectivity index (χ1n) is 12.3. The van der Waals surface area contributed by atoms with E-state index >= 15 is 0 Å². The van der Waals surface area contributed by atoms with Crippen LogP contribution in [0.15, 0.2) is 41.7 Å². The molecule has 3 heterocycles. The summed E-state index contributed by atoms with van der Waals surface area (Å²) in [6, 6.07) is 9.85. The Labute approximate surface area is 210 Å². The zero-order chi connectivity index (χ0) is 25.4. The minimum Gasteiger partial charge on any atom is -0.498 e. The number of hydrogen-bond donors (Lipinski definition) is 0. The minimum absolute atomic E-state index is 0.285. The van der Waals surface area contributed by atoms with Crippen LogP contribution >= 0.6 is 0 Å². The van der Waals surface area contributed by atoms with Gasteiger partial charge in [-0.05, 0) is 33.3 Å². The van der Waals surface area contributed by atoms with Crippen LogP contribution in [0.2, 0.25) is 19.6 Å². The Morgan fingerprint density at radius 2 is 1.69 bits per heavy atom. The van der Waals surface area contributed by atoms with Gasteiger partial charge in [-0.2, -0.15) is 5.06 Å². The maximum absolute atomic E-state index is 6.54. The van der Waals surface area contributed by atoms with E-state index in [0.717, 1.165) is 16.9 Å². The lowest BCUT2D eigenvalue weighted by Gasteiger charge is -2.40. The van der Waals surface area contributed by atoms with E-state index in [0.29, 0.717) is 19.8 Å². The lowest BCUT2D eigenvalue weighted by molar-refractivity contribution is -0.226. The summed E-state index contributed by atoms with van der Waals surface area (Å²) in [5.41, 5.74) is 5.43. The van der Waals surface area contributed by atoms with E-state index in [1.807, 2.05) is 51.0 Å². The Hall–Kier alpha value is -1.70. The molecule has 0 amide bonds. The minimum atomic E-state index is -1.60. The second-order valence-electron chi connectivity index (χ2n) is 11.3. The van der Waals surface area contributed by atoms with Crippen molar-refractivity contribution in [3.05, 3.63) is 47.2 Å².